The number of hydrogen-bond acceptors (Lipinski definition) is 3. The molecule has 0 fully saturated rings. The highest BCUT2D eigenvalue weighted by molar-refractivity contribution is 14.1. The van der Waals surface area contributed by atoms with Crippen LogP contribution in [0.2, 0.25) is 0 Å². The minimum Gasteiger partial charge on any atom is -0.487 e. The number of rotatable bonds is 5. The van der Waals surface area contributed by atoms with Crippen LogP contribution in [0.5, 0.6) is 5.75 Å². The van der Waals surface area contributed by atoms with Crippen molar-refractivity contribution in [2.75, 3.05) is 20.8 Å². The molecular formula is C10H12BrIO3. The molecule has 5 heteroatoms. The summed E-state index contributed by atoms with van der Waals surface area (Å²) >= 11 is 5.65. The van der Waals surface area contributed by atoms with Crippen molar-refractivity contribution >= 4 is 38.5 Å². The molecule has 1 aromatic rings. The predicted octanol–water partition coefficient (Wildman–Crippen LogP) is 3.05. The van der Waals surface area contributed by atoms with Crippen molar-refractivity contribution in [3.63, 3.8) is 0 Å². The first-order valence-corrected chi connectivity index (χ1v) is 6.18. The van der Waals surface area contributed by atoms with E-state index in [9.17, 15) is 0 Å². The van der Waals surface area contributed by atoms with Crippen LogP contribution in [0.25, 0.3) is 0 Å². The van der Waals surface area contributed by atoms with Crippen LogP contribution >= 0.6 is 38.5 Å². The molecule has 0 aliphatic carbocycles. The SMILES string of the molecule is COC(COc1cc(I)ccc1Br)OC. The van der Waals surface area contributed by atoms with Gasteiger partial charge in [0.15, 0.2) is 6.29 Å². The molecule has 0 aromatic heterocycles. The summed E-state index contributed by atoms with van der Waals surface area (Å²) in [7, 11) is 3.17. The normalized spacial score (nSPS) is 10.7. The van der Waals surface area contributed by atoms with Gasteiger partial charge in [0.2, 0.25) is 0 Å². The van der Waals surface area contributed by atoms with E-state index in [1.807, 2.05) is 18.2 Å². The summed E-state index contributed by atoms with van der Waals surface area (Å²) in [5, 5.41) is 0. The van der Waals surface area contributed by atoms with Crippen LogP contribution in [0.3, 0.4) is 0 Å². The highest BCUT2D eigenvalue weighted by Gasteiger charge is 2.08. The van der Waals surface area contributed by atoms with Gasteiger partial charge in [0.25, 0.3) is 0 Å². The Morgan fingerprint density at radius 2 is 2.00 bits per heavy atom. The molecule has 0 saturated heterocycles. The first-order chi connectivity index (χ1) is 7.17. The molecule has 0 atom stereocenters. The van der Waals surface area contributed by atoms with E-state index in [2.05, 4.69) is 38.5 Å². The monoisotopic (exact) mass is 386 g/mol. The Kier molecular flexibility index (Phi) is 5.88. The molecule has 0 amide bonds. The third-order valence-corrected chi connectivity index (χ3v) is 3.12. The summed E-state index contributed by atoms with van der Waals surface area (Å²) in [6.07, 6.45) is -0.338. The van der Waals surface area contributed by atoms with Crippen LogP contribution < -0.4 is 4.74 Å². The lowest BCUT2D eigenvalue weighted by Gasteiger charge is -2.15. The summed E-state index contributed by atoms with van der Waals surface area (Å²) in [4.78, 5) is 0. The van der Waals surface area contributed by atoms with Gasteiger partial charge in [-0.05, 0) is 56.7 Å². The molecule has 1 aromatic carbocycles. The van der Waals surface area contributed by atoms with Crippen molar-refractivity contribution in [2.24, 2.45) is 0 Å². The molecule has 1 rings (SSSR count). The van der Waals surface area contributed by atoms with E-state index in [1.165, 1.54) is 0 Å². The standard InChI is InChI=1S/C10H12BrIO3/c1-13-10(14-2)6-15-9-5-7(12)3-4-8(9)11/h3-5,10H,6H2,1-2H3. The summed E-state index contributed by atoms with van der Waals surface area (Å²) in [6.45, 7) is 0.367. The lowest BCUT2D eigenvalue weighted by Crippen LogP contribution is -2.22. The van der Waals surface area contributed by atoms with E-state index in [1.54, 1.807) is 14.2 Å². The minimum atomic E-state index is -0.338. The number of ether oxygens (including phenoxy) is 3. The first-order valence-electron chi connectivity index (χ1n) is 4.30. The van der Waals surface area contributed by atoms with E-state index in [0.29, 0.717) is 6.61 Å². The van der Waals surface area contributed by atoms with Gasteiger partial charge in [0.1, 0.15) is 12.4 Å². The molecule has 0 spiro atoms. The van der Waals surface area contributed by atoms with E-state index < -0.39 is 0 Å². The molecule has 0 bridgehead atoms. The largest absolute Gasteiger partial charge is 0.487 e. The summed E-state index contributed by atoms with van der Waals surface area (Å²) < 4.78 is 17.7. The van der Waals surface area contributed by atoms with Crippen LogP contribution in [0.1, 0.15) is 0 Å². The average Bonchev–Trinajstić information content (AvgIpc) is 2.24. The van der Waals surface area contributed by atoms with E-state index in [0.717, 1.165) is 13.8 Å². The van der Waals surface area contributed by atoms with Gasteiger partial charge in [-0.25, -0.2) is 0 Å². The van der Waals surface area contributed by atoms with E-state index in [4.69, 9.17) is 14.2 Å². The van der Waals surface area contributed by atoms with Crippen molar-refractivity contribution in [1.82, 2.24) is 0 Å². The van der Waals surface area contributed by atoms with Gasteiger partial charge in [-0.3, -0.25) is 0 Å². The Hall–Kier alpha value is 0.150. The van der Waals surface area contributed by atoms with Gasteiger partial charge in [-0.1, -0.05) is 0 Å². The van der Waals surface area contributed by atoms with Gasteiger partial charge in [-0.15, -0.1) is 0 Å². The Bertz CT molecular complexity index is 316. The molecule has 0 heterocycles. The predicted molar refractivity (Wildman–Crippen MR) is 70.2 cm³/mol. The summed E-state index contributed by atoms with van der Waals surface area (Å²) in [5.74, 6) is 0.793. The number of methoxy groups -OCH3 is 2. The van der Waals surface area contributed by atoms with Gasteiger partial charge in [-0.2, -0.15) is 0 Å². The average molecular weight is 387 g/mol. The number of hydrogen-bond donors (Lipinski definition) is 0. The maximum absolute atomic E-state index is 5.56. The van der Waals surface area contributed by atoms with E-state index >= 15 is 0 Å². The molecule has 0 saturated carbocycles. The maximum atomic E-state index is 5.56. The van der Waals surface area contributed by atoms with Crippen LogP contribution in [-0.4, -0.2) is 27.1 Å². The van der Waals surface area contributed by atoms with Gasteiger partial charge in [0, 0.05) is 17.8 Å². The third kappa shape index (κ3) is 4.26. The van der Waals surface area contributed by atoms with Crippen LogP contribution in [0.4, 0.5) is 0 Å². The van der Waals surface area contributed by atoms with Gasteiger partial charge >= 0.3 is 0 Å². The molecule has 0 aliphatic heterocycles. The molecule has 0 radical (unpaired) electrons. The first kappa shape index (κ1) is 13.2. The molecule has 0 unspecified atom stereocenters. The molecule has 84 valence electrons. The zero-order valence-corrected chi connectivity index (χ0v) is 12.2. The Balaban J connectivity index is 2.60. The third-order valence-electron chi connectivity index (χ3n) is 1.79. The smallest absolute Gasteiger partial charge is 0.191 e. The second-order valence-corrected chi connectivity index (χ2v) is 4.89. The summed E-state index contributed by atoms with van der Waals surface area (Å²) in [6, 6.07) is 5.90. The van der Waals surface area contributed by atoms with Crippen LogP contribution in [0.15, 0.2) is 22.7 Å². The quantitative estimate of drug-likeness (QED) is 0.575. The van der Waals surface area contributed by atoms with Crippen LogP contribution in [-0.2, 0) is 9.47 Å². The fourth-order valence-electron chi connectivity index (χ4n) is 0.978. The zero-order chi connectivity index (χ0) is 11.3. The second kappa shape index (κ2) is 6.67. The molecule has 3 nitrogen and oxygen atoms in total. The molecule has 0 N–H and O–H groups in total. The van der Waals surface area contributed by atoms with Crippen molar-refractivity contribution < 1.29 is 14.2 Å². The minimum absolute atomic E-state index is 0.338. The summed E-state index contributed by atoms with van der Waals surface area (Å²) in [5.41, 5.74) is 0. The number of benzene rings is 1. The number of halogens is 2. The van der Waals surface area contributed by atoms with Crippen molar-refractivity contribution in [3.05, 3.63) is 26.2 Å². The Labute approximate surface area is 111 Å². The highest BCUT2D eigenvalue weighted by Crippen LogP contribution is 2.26. The highest BCUT2D eigenvalue weighted by atomic mass is 127. The van der Waals surface area contributed by atoms with Crippen molar-refractivity contribution in [1.29, 1.82) is 0 Å². The topological polar surface area (TPSA) is 27.7 Å². The van der Waals surface area contributed by atoms with Crippen molar-refractivity contribution in [3.8, 4) is 5.75 Å². The molecule has 15 heavy (non-hydrogen) atoms. The van der Waals surface area contributed by atoms with Crippen LogP contribution in [0, 0.1) is 3.57 Å². The lowest BCUT2D eigenvalue weighted by molar-refractivity contribution is -0.122. The van der Waals surface area contributed by atoms with E-state index in [-0.39, 0.29) is 6.29 Å². The van der Waals surface area contributed by atoms with Gasteiger partial charge in [0.05, 0.1) is 4.47 Å². The molecule has 0 aliphatic rings. The second-order valence-electron chi connectivity index (χ2n) is 2.79. The zero-order valence-electron chi connectivity index (χ0n) is 8.50. The van der Waals surface area contributed by atoms with Crippen molar-refractivity contribution in [2.45, 2.75) is 6.29 Å². The fraction of sp³-hybridized carbons (Fsp3) is 0.400. The lowest BCUT2D eigenvalue weighted by atomic mass is 10.3. The fourth-order valence-corrected chi connectivity index (χ4v) is 1.80. The Morgan fingerprint density at radius 3 is 2.60 bits per heavy atom. The maximum Gasteiger partial charge on any atom is 0.191 e. The molecular weight excluding hydrogens is 375 g/mol. The van der Waals surface area contributed by atoms with Gasteiger partial charge < -0.3 is 14.2 Å². The Morgan fingerprint density at radius 1 is 1.33 bits per heavy atom.